The minimum absolute atomic E-state index is 0.300. The summed E-state index contributed by atoms with van der Waals surface area (Å²) in [5, 5.41) is 9.39. The van der Waals surface area contributed by atoms with Gasteiger partial charge in [0.25, 0.3) is 5.91 Å². The summed E-state index contributed by atoms with van der Waals surface area (Å²) in [7, 11) is 0. The fraction of sp³-hybridized carbons (Fsp3) is 0.227. The summed E-state index contributed by atoms with van der Waals surface area (Å²) in [6.45, 7) is 1.65. The number of hydrogen-bond acceptors (Lipinski definition) is 4. The number of fused-ring (bicyclic) bond motifs is 1. The second kappa shape index (κ2) is 7.13. The van der Waals surface area contributed by atoms with Crippen molar-refractivity contribution in [3.05, 3.63) is 82.9 Å². The zero-order valence-electron chi connectivity index (χ0n) is 15.4. The molecule has 142 valence electrons. The van der Waals surface area contributed by atoms with E-state index < -0.39 is 11.3 Å². The molecule has 2 N–H and O–H groups in total. The van der Waals surface area contributed by atoms with Gasteiger partial charge in [0.05, 0.1) is 5.41 Å². The van der Waals surface area contributed by atoms with E-state index in [-0.39, 0.29) is 5.82 Å². The number of nitrogens with zero attached hydrogens (tertiary/aromatic N) is 2. The van der Waals surface area contributed by atoms with Gasteiger partial charge in [-0.25, -0.2) is 19.8 Å². The van der Waals surface area contributed by atoms with Crippen LogP contribution >= 0.6 is 0 Å². The van der Waals surface area contributed by atoms with Crippen molar-refractivity contribution in [2.24, 2.45) is 0 Å². The van der Waals surface area contributed by atoms with Crippen molar-refractivity contribution < 1.29 is 14.4 Å². The minimum Gasteiger partial charge on any atom is -0.289 e. The molecule has 4 rings (SSSR count). The number of benzene rings is 2. The first-order chi connectivity index (χ1) is 13.5. The third-order valence-electron chi connectivity index (χ3n) is 5.59. The van der Waals surface area contributed by atoms with Gasteiger partial charge in [-0.15, -0.1) is 0 Å². The lowest BCUT2D eigenvalue weighted by atomic mass is 9.67. The van der Waals surface area contributed by atoms with Crippen LogP contribution in [0.15, 0.2) is 54.7 Å². The van der Waals surface area contributed by atoms with Crippen molar-refractivity contribution in [1.82, 2.24) is 15.4 Å². The highest BCUT2D eigenvalue weighted by Gasteiger charge is 2.44. The Bertz CT molecular complexity index is 1040. The Balaban J connectivity index is 1.78. The van der Waals surface area contributed by atoms with Crippen LogP contribution in [0.25, 0.3) is 11.4 Å². The molecule has 0 aliphatic heterocycles. The normalized spacial score (nSPS) is 18.4. The van der Waals surface area contributed by atoms with Crippen molar-refractivity contribution in [3.63, 3.8) is 0 Å². The van der Waals surface area contributed by atoms with Gasteiger partial charge in [-0.3, -0.25) is 10.0 Å². The van der Waals surface area contributed by atoms with Crippen LogP contribution in [0.1, 0.15) is 28.8 Å². The van der Waals surface area contributed by atoms with Crippen LogP contribution in [0.2, 0.25) is 0 Å². The van der Waals surface area contributed by atoms with E-state index in [0.29, 0.717) is 36.2 Å². The molecule has 0 radical (unpaired) electrons. The molecule has 1 unspecified atom stereocenters. The summed E-state index contributed by atoms with van der Waals surface area (Å²) in [5.41, 5.74) is 4.35. The number of hydroxylamine groups is 1. The molecule has 0 fully saturated rings. The SMILES string of the molecule is Cc1c(F)cccc1C1(C(=O)NO)CCc2nc(-c3ccccc3)ncc2C1. The van der Waals surface area contributed by atoms with Crippen LogP contribution in [-0.4, -0.2) is 21.1 Å². The Hall–Kier alpha value is -3.12. The van der Waals surface area contributed by atoms with Gasteiger partial charge in [-0.2, -0.15) is 0 Å². The molecule has 0 bridgehead atoms. The molecule has 0 spiro atoms. The molecule has 2 aromatic carbocycles. The van der Waals surface area contributed by atoms with Gasteiger partial charge in [-0.05, 0) is 48.9 Å². The van der Waals surface area contributed by atoms with Crippen LogP contribution in [0, 0.1) is 12.7 Å². The van der Waals surface area contributed by atoms with Crippen LogP contribution < -0.4 is 5.48 Å². The first-order valence-corrected chi connectivity index (χ1v) is 9.15. The molecule has 1 atom stereocenters. The smallest absolute Gasteiger partial charge is 0.254 e. The summed E-state index contributed by atoms with van der Waals surface area (Å²) in [4.78, 5) is 21.9. The predicted octanol–water partition coefficient (Wildman–Crippen LogP) is 3.52. The molecular formula is C22H20FN3O2. The first kappa shape index (κ1) is 18.3. The summed E-state index contributed by atoms with van der Waals surface area (Å²) in [6, 6.07) is 14.4. The average Bonchev–Trinajstić information content (AvgIpc) is 2.75. The van der Waals surface area contributed by atoms with E-state index in [1.165, 1.54) is 6.07 Å². The molecule has 6 heteroatoms. The van der Waals surface area contributed by atoms with Crippen molar-refractivity contribution in [2.45, 2.75) is 31.6 Å². The van der Waals surface area contributed by atoms with Crippen LogP contribution in [0.4, 0.5) is 4.39 Å². The summed E-state index contributed by atoms with van der Waals surface area (Å²) >= 11 is 0. The number of halogens is 1. The zero-order chi connectivity index (χ0) is 19.7. The standard InChI is InChI=1S/C22H20FN3O2/c1-14-17(8-5-9-18(14)23)22(21(27)26-28)11-10-19-16(12-22)13-24-20(25-19)15-6-3-2-4-7-15/h2-9,13,28H,10-12H2,1H3,(H,26,27). The van der Waals surface area contributed by atoms with Crippen LogP contribution in [0.3, 0.4) is 0 Å². The Morgan fingerprint density at radius 2 is 1.96 bits per heavy atom. The van der Waals surface area contributed by atoms with Crippen molar-refractivity contribution in [1.29, 1.82) is 0 Å². The number of carbonyl (C=O) groups excluding carboxylic acids is 1. The lowest BCUT2D eigenvalue weighted by Crippen LogP contribution is -2.48. The number of nitrogens with one attached hydrogen (secondary N) is 1. The van der Waals surface area contributed by atoms with Gasteiger partial charge < -0.3 is 0 Å². The molecule has 0 saturated carbocycles. The summed E-state index contributed by atoms with van der Waals surface area (Å²) < 4.78 is 14.2. The maximum Gasteiger partial charge on any atom is 0.254 e. The molecule has 1 aromatic heterocycles. The Kier molecular flexibility index (Phi) is 4.65. The van der Waals surface area contributed by atoms with Gasteiger partial charge in [0.2, 0.25) is 0 Å². The van der Waals surface area contributed by atoms with E-state index in [9.17, 15) is 14.4 Å². The predicted molar refractivity (Wildman–Crippen MR) is 102 cm³/mol. The molecule has 1 amide bonds. The summed E-state index contributed by atoms with van der Waals surface area (Å²) in [6.07, 6.45) is 2.98. The number of amides is 1. The van der Waals surface area contributed by atoms with Crippen molar-refractivity contribution in [2.75, 3.05) is 0 Å². The van der Waals surface area contributed by atoms with E-state index in [4.69, 9.17) is 0 Å². The van der Waals surface area contributed by atoms with E-state index in [2.05, 4.69) is 9.97 Å². The molecule has 1 aliphatic rings. The highest BCUT2D eigenvalue weighted by Crippen LogP contribution is 2.40. The molecular weight excluding hydrogens is 357 g/mol. The monoisotopic (exact) mass is 377 g/mol. The number of hydrogen-bond donors (Lipinski definition) is 2. The van der Waals surface area contributed by atoms with Crippen molar-refractivity contribution >= 4 is 5.91 Å². The van der Waals surface area contributed by atoms with E-state index in [1.54, 1.807) is 30.7 Å². The van der Waals surface area contributed by atoms with Crippen LogP contribution in [0.5, 0.6) is 0 Å². The third kappa shape index (κ3) is 2.96. The largest absolute Gasteiger partial charge is 0.289 e. The number of aromatic nitrogens is 2. The van der Waals surface area contributed by atoms with Gasteiger partial charge in [0.1, 0.15) is 5.82 Å². The number of carbonyl (C=O) groups is 1. The average molecular weight is 377 g/mol. The molecule has 1 aliphatic carbocycles. The molecule has 5 nitrogen and oxygen atoms in total. The molecule has 1 heterocycles. The van der Waals surface area contributed by atoms with Gasteiger partial charge in [-0.1, -0.05) is 42.5 Å². The Labute approximate surface area is 162 Å². The minimum atomic E-state index is -1.06. The van der Waals surface area contributed by atoms with Crippen molar-refractivity contribution in [3.8, 4) is 11.4 Å². The van der Waals surface area contributed by atoms with Crippen LogP contribution in [-0.2, 0) is 23.1 Å². The first-order valence-electron chi connectivity index (χ1n) is 9.15. The maximum atomic E-state index is 14.2. The lowest BCUT2D eigenvalue weighted by molar-refractivity contribution is -0.135. The van der Waals surface area contributed by atoms with Gasteiger partial charge >= 0.3 is 0 Å². The van der Waals surface area contributed by atoms with E-state index >= 15 is 0 Å². The van der Waals surface area contributed by atoms with Gasteiger partial charge in [0, 0.05) is 17.5 Å². The Morgan fingerprint density at radius 1 is 1.18 bits per heavy atom. The third-order valence-corrected chi connectivity index (χ3v) is 5.59. The molecule has 3 aromatic rings. The zero-order valence-corrected chi connectivity index (χ0v) is 15.4. The topological polar surface area (TPSA) is 75.1 Å². The fourth-order valence-corrected chi connectivity index (χ4v) is 4.06. The maximum absolute atomic E-state index is 14.2. The fourth-order valence-electron chi connectivity index (χ4n) is 4.06. The van der Waals surface area contributed by atoms with E-state index in [1.807, 2.05) is 30.3 Å². The molecule has 0 saturated heterocycles. The lowest BCUT2D eigenvalue weighted by Gasteiger charge is -2.37. The second-order valence-corrected chi connectivity index (χ2v) is 7.14. The van der Waals surface area contributed by atoms with Gasteiger partial charge in [0.15, 0.2) is 5.82 Å². The quantitative estimate of drug-likeness (QED) is 0.541. The Morgan fingerprint density at radius 3 is 2.71 bits per heavy atom. The number of aryl methyl sites for hydroxylation is 1. The van der Waals surface area contributed by atoms with E-state index in [0.717, 1.165) is 16.8 Å². The highest BCUT2D eigenvalue weighted by atomic mass is 19.1. The summed E-state index contributed by atoms with van der Waals surface area (Å²) in [5.74, 6) is -0.275. The highest BCUT2D eigenvalue weighted by molar-refractivity contribution is 5.88. The molecule has 28 heavy (non-hydrogen) atoms. The number of rotatable bonds is 3. The second-order valence-electron chi connectivity index (χ2n) is 7.14.